The van der Waals surface area contributed by atoms with Crippen molar-refractivity contribution in [3.63, 3.8) is 0 Å². The van der Waals surface area contributed by atoms with E-state index >= 15 is 0 Å². The maximum absolute atomic E-state index is 13.8. The van der Waals surface area contributed by atoms with Crippen molar-refractivity contribution in [2.24, 2.45) is 0 Å². The van der Waals surface area contributed by atoms with E-state index in [0.29, 0.717) is 16.2 Å². The van der Waals surface area contributed by atoms with Crippen molar-refractivity contribution >= 4 is 51.4 Å². The molecule has 2 heterocycles. The molecule has 0 bridgehead atoms. The highest BCUT2D eigenvalue weighted by atomic mass is 35.5. The van der Waals surface area contributed by atoms with Crippen LogP contribution >= 0.6 is 11.6 Å². The van der Waals surface area contributed by atoms with Gasteiger partial charge in [-0.15, -0.1) is 0 Å². The second-order valence-electron chi connectivity index (χ2n) is 9.12. The number of para-hydroxylation sites is 1. The van der Waals surface area contributed by atoms with Gasteiger partial charge in [-0.3, -0.25) is 9.36 Å². The lowest BCUT2D eigenvalue weighted by Crippen LogP contribution is -2.26. The second kappa shape index (κ2) is 12.5. The Morgan fingerprint density at radius 3 is 2.40 bits per heavy atom. The number of nitrogens with zero attached hydrogens (tertiary/aromatic N) is 4. The first kappa shape index (κ1) is 28.5. The summed E-state index contributed by atoms with van der Waals surface area (Å²) < 4.78 is 18.3. The van der Waals surface area contributed by atoms with Gasteiger partial charge in [0, 0.05) is 42.9 Å². The largest absolute Gasteiger partial charge is 0.378 e. The van der Waals surface area contributed by atoms with Gasteiger partial charge in [-0.1, -0.05) is 54.1 Å². The van der Waals surface area contributed by atoms with E-state index in [0.717, 1.165) is 33.6 Å². The standard InChI is InChI=1S/C29H27ClN6O.O2S/c1-18(33-27-23(17-32-29(31)34-27)19-9-7-13-22(15-19)35(2)3)25-16-20-10-8-14-24(30)26(20)28(37)36(25)21-11-5-4-6-12-21;1-3-2/h4-18H,1-3H3,(H3,31,32,33,34);/t18-;/m0./s1. The van der Waals surface area contributed by atoms with E-state index in [1.165, 1.54) is 0 Å². The highest BCUT2D eigenvalue weighted by Gasteiger charge is 2.20. The molecule has 5 rings (SSSR count). The molecule has 5 aromatic rings. The molecule has 0 amide bonds. The minimum Gasteiger partial charge on any atom is -0.378 e. The minimum atomic E-state index is -0.750. The monoisotopic (exact) mass is 574 g/mol. The first-order chi connectivity index (χ1) is 19.2. The quantitative estimate of drug-likeness (QED) is 0.282. The Bertz CT molecular complexity index is 1760. The smallest absolute Gasteiger partial charge is 0.335 e. The number of nitrogens with one attached hydrogen (secondary N) is 1. The number of hydrogen-bond donors (Lipinski definition) is 2. The van der Waals surface area contributed by atoms with Crippen molar-refractivity contribution < 1.29 is 8.42 Å². The fourth-order valence-electron chi connectivity index (χ4n) is 4.45. The van der Waals surface area contributed by atoms with Crippen LogP contribution in [0, 0.1) is 0 Å². The van der Waals surface area contributed by atoms with E-state index < -0.39 is 11.6 Å². The van der Waals surface area contributed by atoms with Crippen LogP contribution in [0.4, 0.5) is 17.5 Å². The molecule has 0 saturated heterocycles. The number of fused-ring (bicyclic) bond motifs is 1. The SMILES string of the molecule is C[C@H](Nc1nc(N)ncc1-c1cccc(N(C)C)c1)c1cc2cccc(Cl)c2c(=O)n1-c1ccccc1.O=S=O. The number of pyridine rings is 1. The Hall–Kier alpha value is -4.54. The predicted molar refractivity (Wildman–Crippen MR) is 162 cm³/mol. The molecule has 0 fully saturated rings. The number of anilines is 3. The fraction of sp³-hybridized carbons (Fsp3) is 0.138. The third-order valence-corrected chi connectivity index (χ3v) is 6.63. The molecule has 0 unspecified atom stereocenters. The van der Waals surface area contributed by atoms with Crippen LogP contribution in [-0.2, 0) is 11.6 Å². The zero-order chi connectivity index (χ0) is 28.8. The Labute approximate surface area is 239 Å². The Morgan fingerprint density at radius 2 is 1.70 bits per heavy atom. The summed E-state index contributed by atoms with van der Waals surface area (Å²) >= 11 is 5.71. The molecule has 0 saturated carbocycles. The van der Waals surface area contributed by atoms with E-state index in [1.807, 2.05) is 92.6 Å². The van der Waals surface area contributed by atoms with Crippen molar-refractivity contribution in [2.45, 2.75) is 13.0 Å². The molecule has 0 aliphatic heterocycles. The van der Waals surface area contributed by atoms with Gasteiger partial charge in [0.1, 0.15) is 5.82 Å². The van der Waals surface area contributed by atoms with Gasteiger partial charge in [0.05, 0.1) is 16.5 Å². The number of benzene rings is 3. The number of hydrogen-bond acceptors (Lipinski definition) is 8. The summed E-state index contributed by atoms with van der Waals surface area (Å²) in [6.07, 6.45) is 1.72. The molecule has 9 nitrogen and oxygen atoms in total. The predicted octanol–water partition coefficient (Wildman–Crippen LogP) is 5.25. The molecule has 204 valence electrons. The van der Waals surface area contributed by atoms with Crippen LogP contribution in [0.1, 0.15) is 18.7 Å². The minimum absolute atomic E-state index is 0.160. The first-order valence-corrected chi connectivity index (χ1v) is 13.3. The lowest BCUT2D eigenvalue weighted by molar-refractivity contribution is 0.630. The van der Waals surface area contributed by atoms with E-state index in [-0.39, 0.29) is 17.5 Å². The van der Waals surface area contributed by atoms with Crippen molar-refractivity contribution in [2.75, 3.05) is 30.0 Å². The molecule has 3 N–H and O–H groups in total. The maximum atomic E-state index is 13.8. The summed E-state index contributed by atoms with van der Waals surface area (Å²) in [6, 6.07) is 24.8. The molecular formula is C29H27ClN6O3S. The summed E-state index contributed by atoms with van der Waals surface area (Å²) in [5, 5.41) is 5.17. The molecule has 3 aromatic carbocycles. The topological polar surface area (TPSA) is 123 Å². The van der Waals surface area contributed by atoms with Gasteiger partial charge in [-0.05, 0) is 54.3 Å². The van der Waals surface area contributed by atoms with Crippen LogP contribution in [0.3, 0.4) is 0 Å². The van der Waals surface area contributed by atoms with Crippen molar-refractivity contribution in [3.05, 3.63) is 106 Å². The Morgan fingerprint density at radius 1 is 1.00 bits per heavy atom. The van der Waals surface area contributed by atoms with Gasteiger partial charge < -0.3 is 16.0 Å². The lowest BCUT2D eigenvalue weighted by Gasteiger charge is -2.23. The average molecular weight is 575 g/mol. The molecule has 0 aliphatic carbocycles. The Kier molecular flexibility index (Phi) is 8.93. The maximum Gasteiger partial charge on any atom is 0.335 e. The summed E-state index contributed by atoms with van der Waals surface area (Å²) in [5.41, 5.74) is 10.1. The molecule has 0 aliphatic rings. The molecule has 0 spiro atoms. The second-order valence-corrected chi connectivity index (χ2v) is 9.66. The van der Waals surface area contributed by atoms with Gasteiger partial charge in [-0.25, -0.2) is 4.98 Å². The van der Waals surface area contributed by atoms with Crippen molar-refractivity contribution in [1.29, 1.82) is 0 Å². The third-order valence-electron chi connectivity index (χ3n) is 6.32. The van der Waals surface area contributed by atoms with E-state index in [1.54, 1.807) is 16.8 Å². The van der Waals surface area contributed by atoms with E-state index in [4.69, 9.17) is 25.8 Å². The zero-order valence-electron chi connectivity index (χ0n) is 22.0. The third kappa shape index (κ3) is 6.03. The van der Waals surface area contributed by atoms with E-state index in [9.17, 15) is 4.79 Å². The summed E-state index contributed by atoms with van der Waals surface area (Å²) in [5.74, 6) is 0.738. The molecule has 40 heavy (non-hydrogen) atoms. The van der Waals surface area contributed by atoms with Crippen LogP contribution in [0.25, 0.3) is 27.6 Å². The van der Waals surface area contributed by atoms with Crippen LogP contribution in [0.5, 0.6) is 0 Å². The highest BCUT2D eigenvalue weighted by molar-refractivity contribution is 7.51. The number of rotatable bonds is 6. The van der Waals surface area contributed by atoms with Gasteiger partial charge in [0.2, 0.25) is 5.95 Å². The first-order valence-electron chi connectivity index (χ1n) is 12.2. The lowest BCUT2D eigenvalue weighted by atomic mass is 10.1. The van der Waals surface area contributed by atoms with Crippen molar-refractivity contribution in [1.82, 2.24) is 14.5 Å². The van der Waals surface area contributed by atoms with Crippen LogP contribution in [0.15, 0.2) is 89.9 Å². The van der Waals surface area contributed by atoms with Crippen LogP contribution in [0.2, 0.25) is 5.02 Å². The van der Waals surface area contributed by atoms with Crippen LogP contribution in [-0.4, -0.2) is 37.0 Å². The van der Waals surface area contributed by atoms with Gasteiger partial charge in [-0.2, -0.15) is 13.4 Å². The number of aromatic nitrogens is 3. The van der Waals surface area contributed by atoms with Gasteiger partial charge in [0.25, 0.3) is 5.56 Å². The molecule has 1 atom stereocenters. The molecule has 0 radical (unpaired) electrons. The zero-order valence-corrected chi connectivity index (χ0v) is 23.6. The average Bonchev–Trinajstić information content (AvgIpc) is 2.94. The number of nitrogens with two attached hydrogens (primary N) is 1. The summed E-state index contributed by atoms with van der Waals surface area (Å²) in [7, 11) is 3.99. The molecular weight excluding hydrogens is 548 g/mol. The van der Waals surface area contributed by atoms with Crippen molar-refractivity contribution in [3.8, 4) is 16.8 Å². The van der Waals surface area contributed by atoms with Gasteiger partial charge >= 0.3 is 11.6 Å². The summed E-state index contributed by atoms with van der Waals surface area (Å²) in [4.78, 5) is 24.6. The highest BCUT2D eigenvalue weighted by Crippen LogP contribution is 2.32. The fourth-order valence-corrected chi connectivity index (χ4v) is 4.71. The number of halogens is 1. The Balaban J connectivity index is 0.00000118. The summed E-state index contributed by atoms with van der Waals surface area (Å²) in [6.45, 7) is 1.99. The van der Waals surface area contributed by atoms with E-state index in [2.05, 4.69) is 21.4 Å². The van der Waals surface area contributed by atoms with Gasteiger partial charge in [0.15, 0.2) is 0 Å². The normalized spacial score (nSPS) is 11.3. The van der Waals surface area contributed by atoms with Crippen LogP contribution < -0.4 is 21.5 Å². The molecule has 2 aromatic heterocycles. The molecule has 11 heteroatoms. The number of nitrogen functional groups attached to an aromatic ring is 1.